The molecule has 4 rings (SSSR count). The van der Waals surface area contributed by atoms with Crippen molar-refractivity contribution in [3.05, 3.63) is 58.3 Å². The van der Waals surface area contributed by atoms with Crippen molar-refractivity contribution < 1.29 is 29.1 Å². The molecule has 0 spiro atoms. The highest BCUT2D eigenvalue weighted by atomic mass is 35.5. The number of carboxylic acids is 2. The first kappa shape index (κ1) is 23.4. The van der Waals surface area contributed by atoms with Crippen LogP contribution in [0.4, 0.5) is 0 Å². The molecule has 2 aromatic heterocycles. The first-order valence-electron chi connectivity index (χ1n) is 9.39. The van der Waals surface area contributed by atoms with Gasteiger partial charge in [-0.15, -0.1) is 11.3 Å². The molecule has 1 aliphatic heterocycles. The maximum Gasteiger partial charge on any atom is 0.414 e. The Kier molecular flexibility index (Phi) is 7.92. The summed E-state index contributed by atoms with van der Waals surface area (Å²) in [5.41, 5.74) is 0.913. The number of thiophene rings is 1. The van der Waals surface area contributed by atoms with Crippen LogP contribution < -0.4 is 5.32 Å². The van der Waals surface area contributed by atoms with Crippen molar-refractivity contribution >= 4 is 40.8 Å². The molecular formula is C20H19ClN4O6S. The van der Waals surface area contributed by atoms with Gasteiger partial charge >= 0.3 is 11.9 Å². The Labute approximate surface area is 191 Å². The van der Waals surface area contributed by atoms with Gasteiger partial charge in [-0.25, -0.2) is 9.59 Å². The molecule has 0 aliphatic carbocycles. The van der Waals surface area contributed by atoms with Crippen LogP contribution in [0.25, 0.3) is 10.7 Å². The van der Waals surface area contributed by atoms with Gasteiger partial charge in [0.25, 0.3) is 0 Å². The lowest BCUT2D eigenvalue weighted by Gasteiger charge is -2.36. The zero-order valence-electron chi connectivity index (χ0n) is 16.6. The maximum absolute atomic E-state index is 12.1. The van der Waals surface area contributed by atoms with E-state index in [1.165, 1.54) is 0 Å². The number of amides is 1. The molecule has 0 unspecified atom stereocenters. The second-order valence-corrected chi connectivity index (χ2v) is 8.16. The minimum absolute atomic E-state index is 0.0202. The number of carbonyl (C=O) groups excluding carboxylic acids is 1. The monoisotopic (exact) mass is 478 g/mol. The predicted octanol–water partition coefficient (Wildman–Crippen LogP) is 2.32. The molecule has 3 heterocycles. The third-order valence-corrected chi connectivity index (χ3v) is 5.71. The van der Waals surface area contributed by atoms with Gasteiger partial charge in [-0.1, -0.05) is 41.0 Å². The fourth-order valence-corrected chi connectivity index (χ4v) is 3.71. The zero-order chi connectivity index (χ0) is 23.1. The average Bonchev–Trinajstić information content (AvgIpc) is 3.42. The van der Waals surface area contributed by atoms with E-state index in [-0.39, 0.29) is 11.8 Å². The number of aromatic nitrogens is 2. The predicted molar refractivity (Wildman–Crippen MR) is 115 cm³/mol. The molecular weight excluding hydrogens is 460 g/mol. The smallest absolute Gasteiger partial charge is 0.414 e. The van der Waals surface area contributed by atoms with E-state index in [1.807, 2.05) is 41.8 Å². The number of nitrogens with one attached hydrogen (secondary N) is 1. The lowest BCUT2D eigenvalue weighted by molar-refractivity contribution is -0.159. The minimum atomic E-state index is -1.82. The molecule has 10 nitrogen and oxygen atoms in total. The molecule has 3 N–H and O–H groups in total. The molecule has 1 aliphatic rings. The van der Waals surface area contributed by atoms with Crippen LogP contribution in [0.3, 0.4) is 0 Å². The molecule has 12 heteroatoms. The summed E-state index contributed by atoms with van der Waals surface area (Å²) in [7, 11) is 0. The van der Waals surface area contributed by atoms with Crippen LogP contribution in [0.1, 0.15) is 17.4 Å². The number of carbonyl (C=O) groups is 3. The Morgan fingerprint density at radius 1 is 1.16 bits per heavy atom. The Hall–Kier alpha value is -3.28. The van der Waals surface area contributed by atoms with Crippen LogP contribution in [0, 0.1) is 0 Å². The topological polar surface area (TPSA) is 146 Å². The van der Waals surface area contributed by atoms with Crippen molar-refractivity contribution in [3.63, 3.8) is 0 Å². The molecule has 168 valence electrons. The molecule has 1 aromatic carbocycles. The van der Waals surface area contributed by atoms with Crippen molar-refractivity contribution in [2.45, 2.75) is 12.5 Å². The van der Waals surface area contributed by atoms with Gasteiger partial charge in [0.1, 0.15) is 0 Å². The van der Waals surface area contributed by atoms with E-state index in [0.717, 1.165) is 23.5 Å². The van der Waals surface area contributed by atoms with Crippen LogP contribution in [0.2, 0.25) is 5.02 Å². The van der Waals surface area contributed by atoms with Gasteiger partial charge in [0, 0.05) is 24.7 Å². The highest BCUT2D eigenvalue weighted by Gasteiger charge is 2.33. The van der Waals surface area contributed by atoms with Gasteiger partial charge in [-0.05, 0) is 23.1 Å². The summed E-state index contributed by atoms with van der Waals surface area (Å²) in [6.07, 6.45) is 0. The molecule has 32 heavy (non-hydrogen) atoms. The normalized spacial score (nSPS) is 13.5. The molecule has 3 aromatic rings. The van der Waals surface area contributed by atoms with E-state index >= 15 is 0 Å². The number of likely N-dealkylation sites (tertiary alicyclic amines) is 1. The summed E-state index contributed by atoms with van der Waals surface area (Å²) in [6.45, 7) is 2.27. The summed E-state index contributed by atoms with van der Waals surface area (Å²) < 4.78 is 5.37. The van der Waals surface area contributed by atoms with E-state index < -0.39 is 11.9 Å². The molecule has 1 fully saturated rings. The van der Waals surface area contributed by atoms with E-state index in [0.29, 0.717) is 29.8 Å². The van der Waals surface area contributed by atoms with E-state index in [4.69, 9.17) is 35.9 Å². The van der Waals surface area contributed by atoms with Crippen LogP contribution in [0.15, 0.2) is 46.3 Å². The molecule has 0 radical (unpaired) electrons. The third-order valence-electron chi connectivity index (χ3n) is 4.47. The van der Waals surface area contributed by atoms with Gasteiger partial charge in [0.05, 0.1) is 17.3 Å². The number of nitrogens with zero attached hydrogens (tertiary/aromatic N) is 3. The maximum atomic E-state index is 12.1. The SMILES string of the molecule is O=C(CN1CC(c2nc(-c3cccs3)no2)C1)NCc1ccccc1Cl.O=C(O)C(=O)O. The lowest BCUT2D eigenvalue weighted by Crippen LogP contribution is -2.49. The molecule has 1 amide bonds. The van der Waals surface area contributed by atoms with Crippen molar-refractivity contribution in [1.82, 2.24) is 20.4 Å². The molecule has 0 saturated carbocycles. The van der Waals surface area contributed by atoms with E-state index in [9.17, 15) is 4.79 Å². The zero-order valence-corrected chi connectivity index (χ0v) is 18.2. The Morgan fingerprint density at radius 3 is 2.50 bits per heavy atom. The third kappa shape index (κ3) is 6.36. The molecule has 1 saturated heterocycles. The summed E-state index contributed by atoms with van der Waals surface area (Å²) in [5, 5.41) is 24.4. The number of aliphatic carboxylic acids is 2. The fraction of sp³-hybridized carbons (Fsp3) is 0.250. The van der Waals surface area contributed by atoms with Crippen LogP contribution in [-0.4, -0.2) is 62.7 Å². The first-order chi connectivity index (χ1) is 15.3. The Balaban J connectivity index is 0.000000427. The van der Waals surface area contributed by atoms with Crippen LogP contribution in [0.5, 0.6) is 0 Å². The summed E-state index contributed by atoms with van der Waals surface area (Å²) in [4.78, 5) is 37.8. The second kappa shape index (κ2) is 10.8. The van der Waals surface area contributed by atoms with Gasteiger partial charge in [0.2, 0.25) is 17.6 Å². The van der Waals surface area contributed by atoms with Gasteiger partial charge in [-0.3, -0.25) is 9.69 Å². The standard InChI is InChI=1S/C18H17ClN4O2S.C2H2O4/c19-14-5-2-1-4-12(14)8-20-16(24)11-23-9-13(10-23)18-21-17(22-25-18)15-6-3-7-26-15;3-1(4)2(5)6/h1-7,13H,8-11H2,(H,20,24);(H,3,4)(H,5,6). The Bertz CT molecular complexity index is 1070. The number of hydrogen-bond acceptors (Lipinski definition) is 8. The number of benzene rings is 1. The van der Waals surface area contributed by atoms with Crippen LogP contribution in [-0.2, 0) is 20.9 Å². The van der Waals surface area contributed by atoms with Crippen molar-refractivity contribution in [2.75, 3.05) is 19.6 Å². The summed E-state index contributed by atoms with van der Waals surface area (Å²) >= 11 is 7.68. The van der Waals surface area contributed by atoms with E-state index in [1.54, 1.807) is 11.3 Å². The first-order valence-corrected chi connectivity index (χ1v) is 10.7. The number of halogens is 1. The van der Waals surface area contributed by atoms with Gasteiger partial charge in [-0.2, -0.15) is 4.98 Å². The van der Waals surface area contributed by atoms with E-state index in [2.05, 4.69) is 20.4 Å². The van der Waals surface area contributed by atoms with Crippen molar-refractivity contribution in [1.29, 1.82) is 0 Å². The lowest BCUT2D eigenvalue weighted by atomic mass is 10.0. The fourth-order valence-electron chi connectivity index (χ4n) is 2.86. The van der Waals surface area contributed by atoms with Gasteiger partial charge < -0.3 is 20.1 Å². The second-order valence-electron chi connectivity index (χ2n) is 6.80. The number of rotatable bonds is 6. The van der Waals surface area contributed by atoms with Gasteiger partial charge in [0.15, 0.2) is 0 Å². The van der Waals surface area contributed by atoms with Crippen LogP contribution >= 0.6 is 22.9 Å². The number of hydrogen-bond donors (Lipinski definition) is 3. The molecule has 0 atom stereocenters. The summed E-state index contributed by atoms with van der Waals surface area (Å²) in [6, 6.07) is 11.4. The highest BCUT2D eigenvalue weighted by Crippen LogP contribution is 2.28. The quantitative estimate of drug-likeness (QED) is 0.454. The molecule has 0 bridgehead atoms. The van der Waals surface area contributed by atoms with Crippen molar-refractivity contribution in [2.24, 2.45) is 0 Å². The highest BCUT2D eigenvalue weighted by molar-refractivity contribution is 7.13. The minimum Gasteiger partial charge on any atom is -0.473 e. The largest absolute Gasteiger partial charge is 0.473 e. The number of carboxylic acid groups (broad SMARTS) is 2. The van der Waals surface area contributed by atoms with Crippen molar-refractivity contribution in [3.8, 4) is 10.7 Å². The summed E-state index contributed by atoms with van der Waals surface area (Å²) in [5.74, 6) is -2.21. The Morgan fingerprint density at radius 2 is 1.88 bits per heavy atom. The average molecular weight is 479 g/mol.